The molecular weight excluding hydrogens is 106 g/mol. The number of nitrogens with zero attached hydrogens (tertiary/aromatic N) is 1. The number of quaternary nitrogens is 1. The first-order valence-electron chi connectivity index (χ1n) is 1.79. The Kier molecular flexibility index (Phi) is 9.65. The summed E-state index contributed by atoms with van der Waals surface area (Å²) >= 11 is 0. The van der Waals surface area contributed by atoms with Gasteiger partial charge >= 0.3 is 0 Å². The lowest BCUT2D eigenvalue weighted by molar-refractivity contribution is -0.849. The molecule has 0 unspecified atom stereocenters. The third kappa shape index (κ3) is 5610. The van der Waals surface area contributed by atoms with Crippen molar-refractivity contribution in [3.8, 4) is 0 Å². The lowest BCUT2D eigenvalue weighted by atomic mass is 10.8. The van der Waals surface area contributed by atoms with E-state index in [1.165, 1.54) is 0 Å². The predicted molar refractivity (Wildman–Crippen MR) is 31.6 cm³/mol. The maximum Gasteiger partial charge on any atom is 0.0675 e. The highest BCUT2D eigenvalue weighted by Gasteiger charge is 1.88. The van der Waals surface area contributed by atoms with Crippen molar-refractivity contribution in [1.29, 1.82) is 0 Å². The minimum Gasteiger partial charge on any atom is -0.870 e. The molecule has 0 atom stereocenters. The third-order valence-electron chi connectivity index (χ3n) is 0. The van der Waals surface area contributed by atoms with Gasteiger partial charge in [0, 0.05) is 11.0 Å². The molecule has 0 aromatic heterocycles. The summed E-state index contributed by atoms with van der Waals surface area (Å²) in [6, 6.07) is 0. The molecule has 0 saturated heterocycles. The van der Waals surface area contributed by atoms with Crippen LogP contribution in [0.3, 0.4) is 0 Å². The smallest absolute Gasteiger partial charge is 0.0675 e. The Balaban J connectivity index is -0.0000000800. The van der Waals surface area contributed by atoms with Crippen molar-refractivity contribution >= 4 is 11.0 Å². The van der Waals surface area contributed by atoms with Crippen LogP contribution in [0, 0.1) is 0 Å². The summed E-state index contributed by atoms with van der Waals surface area (Å²) in [5.74, 6) is 0. The zero-order valence-corrected chi connectivity index (χ0v) is 6.39. The first kappa shape index (κ1) is 15.7. The van der Waals surface area contributed by atoms with Crippen LogP contribution in [0.2, 0.25) is 0 Å². The van der Waals surface area contributed by atoms with Gasteiger partial charge in [0.2, 0.25) is 0 Å². The van der Waals surface area contributed by atoms with Gasteiger partial charge in [0.05, 0.1) is 28.2 Å². The average molecular weight is 119 g/mol. The molecule has 0 aromatic rings. The zero-order chi connectivity index (χ0) is 4.50. The van der Waals surface area contributed by atoms with Crippen LogP contribution >= 0.6 is 0 Å². The molecule has 0 fully saturated rings. The van der Waals surface area contributed by atoms with Crippen molar-refractivity contribution in [2.24, 2.45) is 0 Å². The Bertz CT molecular complexity index is 27.2. The summed E-state index contributed by atoms with van der Waals surface area (Å²) in [6.45, 7) is 0. The molecule has 4 radical (unpaired) electrons. The fraction of sp³-hybridized carbons (Fsp3) is 1.00. The minimum atomic E-state index is 0. The minimum absolute atomic E-state index is 0. The predicted octanol–water partition coefficient (Wildman–Crippen LogP) is -0.235. The fourth-order valence-electron chi connectivity index (χ4n) is 0. The molecule has 0 aliphatic heterocycles. The molecule has 0 aromatic carbocycles. The maximum atomic E-state index is 2.12. The highest BCUT2D eigenvalue weighted by atomic mass is 28.1. The van der Waals surface area contributed by atoms with Crippen molar-refractivity contribution in [2.75, 3.05) is 28.2 Å². The highest BCUT2D eigenvalue weighted by Crippen LogP contribution is 1.73. The van der Waals surface area contributed by atoms with E-state index in [9.17, 15) is 0 Å². The molecule has 0 rings (SSSR count). The van der Waals surface area contributed by atoms with Crippen LogP contribution in [0.15, 0.2) is 0 Å². The maximum absolute atomic E-state index is 2.12. The van der Waals surface area contributed by atoms with Crippen LogP contribution in [0.4, 0.5) is 0 Å². The Labute approximate surface area is 50.1 Å². The van der Waals surface area contributed by atoms with Gasteiger partial charge in [-0.1, -0.05) is 0 Å². The van der Waals surface area contributed by atoms with E-state index in [1.54, 1.807) is 0 Å². The van der Waals surface area contributed by atoms with Gasteiger partial charge in [0.15, 0.2) is 0 Å². The molecule has 0 aliphatic carbocycles. The molecule has 3 heteroatoms. The lowest BCUT2D eigenvalue weighted by Gasteiger charge is -2.14. The van der Waals surface area contributed by atoms with E-state index in [4.69, 9.17) is 0 Å². The summed E-state index contributed by atoms with van der Waals surface area (Å²) < 4.78 is 1.00. The topological polar surface area (TPSA) is 30.0 Å². The van der Waals surface area contributed by atoms with E-state index < -0.39 is 0 Å². The van der Waals surface area contributed by atoms with Crippen LogP contribution in [-0.4, -0.2) is 49.1 Å². The van der Waals surface area contributed by atoms with Crippen molar-refractivity contribution < 1.29 is 9.96 Å². The summed E-state index contributed by atoms with van der Waals surface area (Å²) in [4.78, 5) is 0. The first-order valence-corrected chi connectivity index (χ1v) is 1.79. The Morgan fingerprint density at radius 3 is 0.857 bits per heavy atom. The number of hydrogen-bond acceptors (Lipinski definition) is 1. The summed E-state index contributed by atoms with van der Waals surface area (Å²) in [5.41, 5.74) is 0. The Hall–Kier alpha value is 0.137. The molecule has 0 heterocycles. The molecule has 7 heavy (non-hydrogen) atoms. The fourth-order valence-corrected chi connectivity index (χ4v) is 0. The van der Waals surface area contributed by atoms with E-state index in [0.29, 0.717) is 0 Å². The molecule has 1 N–H and O–H groups in total. The Morgan fingerprint density at radius 1 is 0.857 bits per heavy atom. The van der Waals surface area contributed by atoms with Gasteiger partial charge in [-0.25, -0.2) is 0 Å². The molecule has 0 aliphatic rings. The van der Waals surface area contributed by atoms with Crippen LogP contribution in [-0.2, 0) is 0 Å². The number of rotatable bonds is 0. The third-order valence-corrected chi connectivity index (χ3v) is 0. The molecule has 0 bridgehead atoms. The largest absolute Gasteiger partial charge is 0.870 e. The van der Waals surface area contributed by atoms with Gasteiger partial charge in [-0.2, -0.15) is 0 Å². The van der Waals surface area contributed by atoms with Crippen molar-refractivity contribution in [1.82, 2.24) is 0 Å². The highest BCUT2D eigenvalue weighted by molar-refractivity contribution is 5.75. The lowest BCUT2D eigenvalue weighted by Crippen LogP contribution is -2.27. The van der Waals surface area contributed by atoms with Crippen LogP contribution in [0.25, 0.3) is 0 Å². The van der Waals surface area contributed by atoms with Crippen LogP contribution in [0.5, 0.6) is 0 Å². The van der Waals surface area contributed by atoms with Gasteiger partial charge in [0.25, 0.3) is 0 Å². The normalized spacial score (nSPS) is 8.57. The van der Waals surface area contributed by atoms with E-state index >= 15 is 0 Å². The van der Waals surface area contributed by atoms with Crippen LogP contribution < -0.4 is 0 Å². The van der Waals surface area contributed by atoms with Crippen molar-refractivity contribution in [3.63, 3.8) is 0 Å². The van der Waals surface area contributed by atoms with Gasteiger partial charge < -0.3 is 9.96 Å². The average Bonchev–Trinajstić information content (AvgIpc) is 0.722. The second-order valence-electron chi connectivity index (χ2n) is 2.68. The molecule has 44 valence electrons. The molecule has 0 amide bonds. The second kappa shape index (κ2) is 4.30. The molecule has 0 spiro atoms. The molecular formula is C4H13NOSi. The van der Waals surface area contributed by atoms with E-state index in [2.05, 4.69) is 28.2 Å². The number of hydrogen-bond donors (Lipinski definition) is 0. The quantitative estimate of drug-likeness (QED) is 0.320. The van der Waals surface area contributed by atoms with Gasteiger partial charge in [-0.15, -0.1) is 0 Å². The summed E-state index contributed by atoms with van der Waals surface area (Å²) in [6.07, 6.45) is 0. The van der Waals surface area contributed by atoms with Crippen molar-refractivity contribution in [3.05, 3.63) is 0 Å². The summed E-state index contributed by atoms with van der Waals surface area (Å²) in [7, 11) is 8.50. The van der Waals surface area contributed by atoms with E-state index in [-0.39, 0.29) is 16.4 Å². The van der Waals surface area contributed by atoms with Gasteiger partial charge in [-0.3, -0.25) is 0 Å². The van der Waals surface area contributed by atoms with E-state index in [1.807, 2.05) is 0 Å². The molecule has 2 nitrogen and oxygen atoms in total. The van der Waals surface area contributed by atoms with Gasteiger partial charge in [0.1, 0.15) is 0 Å². The standard InChI is InChI=1S/C4H12N.H2O.Si/c1-5(2,3)4;;/h1-4H3;1H2;/q+1;;/p-1. The van der Waals surface area contributed by atoms with Crippen molar-refractivity contribution in [2.45, 2.75) is 0 Å². The zero-order valence-electron chi connectivity index (χ0n) is 5.39. The van der Waals surface area contributed by atoms with Crippen LogP contribution in [0.1, 0.15) is 0 Å². The Morgan fingerprint density at radius 2 is 0.857 bits per heavy atom. The van der Waals surface area contributed by atoms with E-state index in [0.717, 1.165) is 4.48 Å². The SMILES string of the molecule is C[N+](C)(C)C.[OH-].[Si]. The van der Waals surface area contributed by atoms with Gasteiger partial charge in [-0.05, 0) is 0 Å². The monoisotopic (exact) mass is 119 g/mol. The first-order chi connectivity index (χ1) is 2.00. The second-order valence-corrected chi connectivity index (χ2v) is 2.68. The summed E-state index contributed by atoms with van der Waals surface area (Å²) in [5, 5.41) is 0. The molecule has 0 saturated carbocycles.